The van der Waals surface area contributed by atoms with Crippen LogP contribution in [0, 0.1) is 10.6 Å². The molecular weight excluding hydrogens is 314 g/mol. The van der Waals surface area contributed by atoms with Crippen molar-refractivity contribution in [1.82, 2.24) is 0 Å². The normalized spacial score (nSPS) is 24.8. The van der Waals surface area contributed by atoms with E-state index in [2.05, 4.69) is 20.8 Å². The smallest absolute Gasteiger partial charge is 0.228 e. The highest BCUT2D eigenvalue weighted by molar-refractivity contribution is 6.30. The highest BCUT2D eigenvalue weighted by atomic mass is 35.5. The summed E-state index contributed by atoms with van der Waals surface area (Å²) in [6.45, 7) is 6.78. The average molecular weight is 334 g/mol. The molecule has 1 aromatic carbocycles. The van der Waals surface area contributed by atoms with Crippen LogP contribution in [0.2, 0.25) is 5.02 Å². The van der Waals surface area contributed by atoms with Gasteiger partial charge in [-0.25, -0.2) is 0 Å². The van der Waals surface area contributed by atoms with E-state index in [1.165, 1.54) is 12.4 Å². The van der Waals surface area contributed by atoms with E-state index >= 15 is 0 Å². The van der Waals surface area contributed by atoms with Crippen LogP contribution in [0.1, 0.15) is 31.9 Å². The van der Waals surface area contributed by atoms with Crippen molar-refractivity contribution >= 4 is 11.6 Å². The van der Waals surface area contributed by atoms with Crippen LogP contribution in [-0.2, 0) is 15.3 Å². The number of hydrogen-bond acceptors (Lipinski definition) is 3. The van der Waals surface area contributed by atoms with Crippen molar-refractivity contribution in [3.05, 3.63) is 70.1 Å². The molecule has 0 saturated carbocycles. The van der Waals surface area contributed by atoms with Gasteiger partial charge in [0.05, 0.1) is 18.3 Å². The molecule has 122 valence electrons. The third-order valence-corrected chi connectivity index (χ3v) is 4.34. The number of rotatable bonds is 2. The number of ether oxygens (including phenoxy) is 2. The molecule has 0 N–H and O–H groups in total. The molecule has 2 unspecified atom stereocenters. The maximum atomic E-state index is 11.7. The van der Waals surface area contributed by atoms with Gasteiger partial charge in [-0.2, -0.15) is 4.73 Å². The summed E-state index contributed by atoms with van der Waals surface area (Å²) >= 11 is 6.00. The van der Waals surface area contributed by atoms with Crippen molar-refractivity contribution < 1.29 is 14.2 Å². The van der Waals surface area contributed by atoms with Crippen molar-refractivity contribution in [2.75, 3.05) is 6.61 Å². The van der Waals surface area contributed by atoms with E-state index in [0.717, 1.165) is 10.3 Å². The van der Waals surface area contributed by atoms with Gasteiger partial charge in [0.25, 0.3) is 0 Å². The molecule has 4 nitrogen and oxygen atoms in total. The predicted octanol–water partition coefficient (Wildman–Crippen LogP) is 3.64. The minimum Gasteiger partial charge on any atom is -0.619 e. The first kappa shape index (κ1) is 16.2. The van der Waals surface area contributed by atoms with Gasteiger partial charge in [0, 0.05) is 16.7 Å². The fourth-order valence-electron chi connectivity index (χ4n) is 2.68. The molecule has 2 atom stereocenters. The van der Waals surface area contributed by atoms with E-state index in [1.807, 2.05) is 18.2 Å². The first-order chi connectivity index (χ1) is 10.8. The second-order valence-corrected chi connectivity index (χ2v) is 7.30. The molecule has 5 heteroatoms. The highest BCUT2D eigenvalue weighted by Gasteiger charge is 2.49. The fraction of sp³-hybridized carbons (Fsp3) is 0.389. The van der Waals surface area contributed by atoms with Crippen molar-refractivity contribution in [1.29, 1.82) is 0 Å². The molecule has 0 aliphatic carbocycles. The zero-order valence-electron chi connectivity index (χ0n) is 13.5. The lowest BCUT2D eigenvalue weighted by molar-refractivity contribution is -0.606. The predicted molar refractivity (Wildman–Crippen MR) is 87.9 cm³/mol. The quantitative estimate of drug-likeness (QED) is 0.622. The van der Waals surface area contributed by atoms with Crippen molar-refractivity contribution in [3.8, 4) is 0 Å². The lowest BCUT2D eigenvalue weighted by Gasteiger charge is -2.31. The van der Waals surface area contributed by atoms with Crippen LogP contribution in [-0.4, -0.2) is 12.7 Å². The van der Waals surface area contributed by atoms with E-state index < -0.39 is 5.79 Å². The standard InChI is InChI=1S/C18H20ClNO3/c1-17(2,3)16-12-22-18(23-16,13-6-8-15(19)9-7-13)14-5-4-10-20(21)11-14/h4-11,16H,12H2,1-3H3. The molecule has 2 heterocycles. The molecule has 1 aromatic heterocycles. The van der Waals surface area contributed by atoms with Crippen LogP contribution < -0.4 is 4.73 Å². The third-order valence-electron chi connectivity index (χ3n) is 4.09. The molecule has 1 aliphatic heterocycles. The molecule has 0 radical (unpaired) electrons. The lowest BCUT2D eigenvalue weighted by atomic mass is 9.89. The first-order valence-electron chi connectivity index (χ1n) is 7.58. The molecule has 0 amide bonds. The maximum Gasteiger partial charge on any atom is 0.228 e. The number of nitrogens with zero attached hydrogens (tertiary/aromatic N) is 1. The van der Waals surface area contributed by atoms with Gasteiger partial charge < -0.3 is 14.7 Å². The summed E-state index contributed by atoms with van der Waals surface area (Å²) in [6.07, 6.45) is 2.84. The SMILES string of the molecule is CC(C)(C)C1COC(c2ccc(Cl)cc2)(c2ccc[n+]([O-])c2)O1. The summed E-state index contributed by atoms with van der Waals surface area (Å²) in [7, 11) is 0. The third kappa shape index (κ3) is 3.07. The van der Waals surface area contributed by atoms with Crippen LogP contribution in [0.15, 0.2) is 48.8 Å². The fourth-order valence-corrected chi connectivity index (χ4v) is 2.80. The Morgan fingerprint density at radius 1 is 1.17 bits per heavy atom. The maximum absolute atomic E-state index is 11.7. The Labute approximate surface area is 141 Å². The second-order valence-electron chi connectivity index (χ2n) is 6.86. The summed E-state index contributed by atoms with van der Waals surface area (Å²) in [5.74, 6) is -1.09. The Morgan fingerprint density at radius 3 is 2.43 bits per heavy atom. The Morgan fingerprint density at radius 2 is 1.87 bits per heavy atom. The number of aromatic nitrogens is 1. The Hall–Kier alpha value is -1.62. The molecule has 3 rings (SSSR count). The molecule has 0 bridgehead atoms. The molecule has 23 heavy (non-hydrogen) atoms. The molecule has 2 aromatic rings. The molecule has 1 saturated heterocycles. The van der Waals surface area contributed by atoms with Gasteiger partial charge in [0.2, 0.25) is 5.79 Å². The van der Waals surface area contributed by atoms with Crippen molar-refractivity contribution in [2.24, 2.45) is 5.41 Å². The minimum atomic E-state index is -1.09. The number of hydrogen-bond donors (Lipinski definition) is 0. The Balaban J connectivity index is 2.10. The second kappa shape index (κ2) is 5.78. The van der Waals surface area contributed by atoms with Gasteiger partial charge in [-0.3, -0.25) is 0 Å². The number of halogens is 1. The summed E-state index contributed by atoms with van der Waals surface area (Å²) in [5.41, 5.74) is 1.42. The van der Waals surface area contributed by atoms with Gasteiger partial charge in [0.15, 0.2) is 12.4 Å². The van der Waals surface area contributed by atoms with E-state index in [0.29, 0.717) is 17.2 Å². The van der Waals surface area contributed by atoms with Gasteiger partial charge in [-0.1, -0.05) is 44.5 Å². The van der Waals surface area contributed by atoms with Crippen LogP contribution in [0.25, 0.3) is 0 Å². The monoisotopic (exact) mass is 333 g/mol. The number of pyridine rings is 1. The van der Waals surface area contributed by atoms with E-state index in [-0.39, 0.29) is 11.5 Å². The van der Waals surface area contributed by atoms with Crippen molar-refractivity contribution in [3.63, 3.8) is 0 Å². The van der Waals surface area contributed by atoms with Gasteiger partial charge in [0.1, 0.15) is 0 Å². The zero-order chi connectivity index (χ0) is 16.7. The highest BCUT2D eigenvalue weighted by Crippen LogP contribution is 2.44. The Kier molecular flexibility index (Phi) is 4.08. The summed E-state index contributed by atoms with van der Waals surface area (Å²) < 4.78 is 13.2. The summed E-state index contributed by atoms with van der Waals surface area (Å²) in [6, 6.07) is 10.9. The largest absolute Gasteiger partial charge is 0.619 e. The van der Waals surface area contributed by atoms with Gasteiger partial charge in [-0.05, 0) is 23.6 Å². The average Bonchev–Trinajstić information content (AvgIpc) is 2.94. The van der Waals surface area contributed by atoms with Crippen LogP contribution >= 0.6 is 11.6 Å². The van der Waals surface area contributed by atoms with Gasteiger partial charge >= 0.3 is 0 Å². The lowest BCUT2D eigenvalue weighted by Crippen LogP contribution is -2.36. The Bertz CT molecular complexity index is 696. The van der Waals surface area contributed by atoms with E-state index in [1.54, 1.807) is 18.2 Å². The first-order valence-corrected chi connectivity index (χ1v) is 7.96. The van der Waals surface area contributed by atoms with Crippen molar-refractivity contribution in [2.45, 2.75) is 32.7 Å². The topological polar surface area (TPSA) is 45.4 Å². The minimum absolute atomic E-state index is 0.0730. The molecule has 1 fully saturated rings. The molecule has 0 spiro atoms. The zero-order valence-corrected chi connectivity index (χ0v) is 14.2. The summed E-state index contributed by atoms with van der Waals surface area (Å²) in [5, 5.41) is 12.4. The van der Waals surface area contributed by atoms with Crippen LogP contribution in [0.4, 0.5) is 0 Å². The molecular formula is C18H20ClNO3. The summed E-state index contributed by atoms with van der Waals surface area (Å²) in [4.78, 5) is 0. The van der Waals surface area contributed by atoms with Gasteiger partial charge in [-0.15, -0.1) is 0 Å². The van der Waals surface area contributed by atoms with E-state index in [9.17, 15) is 5.21 Å². The van der Waals surface area contributed by atoms with Crippen LogP contribution in [0.5, 0.6) is 0 Å². The molecule has 1 aliphatic rings. The van der Waals surface area contributed by atoms with Crippen LogP contribution in [0.3, 0.4) is 0 Å². The van der Waals surface area contributed by atoms with E-state index in [4.69, 9.17) is 21.1 Å². The number of benzene rings is 1.